The van der Waals surface area contributed by atoms with Gasteiger partial charge in [0.15, 0.2) is 0 Å². The van der Waals surface area contributed by atoms with Crippen molar-refractivity contribution in [1.29, 1.82) is 0 Å². The van der Waals surface area contributed by atoms with Crippen LogP contribution >= 0.6 is 0 Å². The molecule has 0 aliphatic heterocycles. The highest BCUT2D eigenvalue weighted by atomic mass is 32.2. The fraction of sp³-hybridized carbons (Fsp3) is 0.462. The molecule has 0 spiro atoms. The number of fused-ring (bicyclic) bond motifs is 1. The smallest absolute Gasteiger partial charge is 0.0706 e. The van der Waals surface area contributed by atoms with Crippen molar-refractivity contribution in [3.8, 4) is 0 Å². The van der Waals surface area contributed by atoms with E-state index in [0.717, 1.165) is 24.2 Å². The maximum Gasteiger partial charge on any atom is 0.0706 e. The quantitative estimate of drug-likeness (QED) is 0.862. The molecule has 1 N–H and O–H groups in total. The third-order valence-electron chi connectivity index (χ3n) is 2.99. The van der Waals surface area contributed by atoms with Crippen molar-refractivity contribution in [3.63, 3.8) is 0 Å². The number of hydrogen-bond donors (Lipinski definition) is 1. The van der Waals surface area contributed by atoms with Gasteiger partial charge in [-0.15, -0.1) is 0 Å². The van der Waals surface area contributed by atoms with Gasteiger partial charge in [0.25, 0.3) is 0 Å². The maximum absolute atomic E-state index is 11.0. The molecule has 2 aromatic rings. The summed E-state index contributed by atoms with van der Waals surface area (Å²) in [5, 5.41) is 7.74. The van der Waals surface area contributed by atoms with E-state index in [1.807, 2.05) is 29.0 Å². The van der Waals surface area contributed by atoms with Gasteiger partial charge in [-0.3, -0.25) is 4.21 Å². The summed E-state index contributed by atoms with van der Waals surface area (Å²) in [5.41, 5.74) is 2.33. The molecule has 2 heterocycles. The third-order valence-corrected chi connectivity index (χ3v) is 3.80. The zero-order chi connectivity index (χ0) is 13.0. The van der Waals surface area contributed by atoms with Crippen LogP contribution in [0.2, 0.25) is 0 Å². The molecule has 0 radical (unpaired) electrons. The normalized spacial score (nSPS) is 14.8. The summed E-state index contributed by atoms with van der Waals surface area (Å²) in [7, 11) is -0.705. The van der Waals surface area contributed by atoms with Crippen LogP contribution in [-0.2, 0) is 17.3 Å². The van der Waals surface area contributed by atoms with Crippen LogP contribution in [0.4, 0.5) is 0 Å². The van der Waals surface area contributed by atoms with Crippen LogP contribution in [0.1, 0.15) is 18.9 Å². The molecule has 98 valence electrons. The fourth-order valence-corrected chi connectivity index (χ4v) is 2.54. The molecule has 2 aromatic heterocycles. The summed E-state index contributed by atoms with van der Waals surface area (Å²) in [6, 6.07) is 6.42. The zero-order valence-electron chi connectivity index (χ0n) is 10.8. The van der Waals surface area contributed by atoms with Gasteiger partial charge in [-0.25, -0.2) is 4.52 Å². The molecule has 18 heavy (non-hydrogen) atoms. The van der Waals surface area contributed by atoms with Gasteiger partial charge in [-0.1, -0.05) is 6.07 Å². The monoisotopic (exact) mass is 265 g/mol. The van der Waals surface area contributed by atoms with Gasteiger partial charge in [0.05, 0.1) is 11.7 Å². The molecule has 2 unspecified atom stereocenters. The second kappa shape index (κ2) is 6.11. The Labute approximate surface area is 110 Å². The van der Waals surface area contributed by atoms with Crippen LogP contribution in [-0.4, -0.2) is 31.9 Å². The zero-order valence-corrected chi connectivity index (χ0v) is 11.6. The van der Waals surface area contributed by atoms with E-state index in [-0.39, 0.29) is 0 Å². The fourth-order valence-electron chi connectivity index (χ4n) is 1.85. The van der Waals surface area contributed by atoms with E-state index in [4.69, 9.17) is 0 Å². The van der Waals surface area contributed by atoms with Gasteiger partial charge in [0.2, 0.25) is 0 Å². The Balaban J connectivity index is 1.92. The minimum absolute atomic E-state index is 0.368. The van der Waals surface area contributed by atoms with Crippen LogP contribution in [0.5, 0.6) is 0 Å². The van der Waals surface area contributed by atoms with Crippen LogP contribution in [0.25, 0.3) is 5.52 Å². The molecule has 4 nitrogen and oxygen atoms in total. The number of hydrogen-bond acceptors (Lipinski definition) is 3. The summed E-state index contributed by atoms with van der Waals surface area (Å²) in [5.74, 6) is 0.753. The number of nitrogens with zero attached hydrogens (tertiary/aromatic N) is 2. The van der Waals surface area contributed by atoms with Gasteiger partial charge >= 0.3 is 0 Å². The Morgan fingerprint density at radius 2 is 2.33 bits per heavy atom. The first-order valence-electron chi connectivity index (χ1n) is 6.11. The maximum atomic E-state index is 11.0. The van der Waals surface area contributed by atoms with Gasteiger partial charge in [0.1, 0.15) is 0 Å². The van der Waals surface area contributed by atoms with Crippen molar-refractivity contribution in [2.24, 2.45) is 0 Å². The van der Waals surface area contributed by atoms with E-state index in [1.165, 1.54) is 5.56 Å². The summed E-state index contributed by atoms with van der Waals surface area (Å²) >= 11 is 0. The highest BCUT2D eigenvalue weighted by Gasteiger charge is 2.06. The molecular weight excluding hydrogens is 246 g/mol. The van der Waals surface area contributed by atoms with Gasteiger partial charge in [0, 0.05) is 47.2 Å². The Bertz CT molecular complexity index is 538. The minimum Gasteiger partial charge on any atom is -0.310 e. The molecule has 2 atom stereocenters. The number of aromatic nitrogens is 2. The summed E-state index contributed by atoms with van der Waals surface area (Å²) in [4.78, 5) is 0. The largest absolute Gasteiger partial charge is 0.310 e. The summed E-state index contributed by atoms with van der Waals surface area (Å²) in [6.07, 6.45) is 6.52. The Morgan fingerprint density at radius 3 is 3.11 bits per heavy atom. The molecule has 0 amide bonds. The average molecular weight is 265 g/mol. The Morgan fingerprint density at radius 1 is 1.50 bits per heavy atom. The van der Waals surface area contributed by atoms with E-state index >= 15 is 0 Å². The van der Waals surface area contributed by atoms with Gasteiger partial charge in [-0.05, 0) is 25.5 Å². The second-order valence-electron chi connectivity index (χ2n) is 4.55. The second-order valence-corrected chi connectivity index (χ2v) is 6.10. The van der Waals surface area contributed by atoms with Crippen molar-refractivity contribution in [2.75, 3.05) is 12.0 Å². The van der Waals surface area contributed by atoms with E-state index in [0.29, 0.717) is 6.04 Å². The average Bonchev–Trinajstić information content (AvgIpc) is 2.77. The van der Waals surface area contributed by atoms with Crippen LogP contribution in [0.3, 0.4) is 0 Å². The molecule has 5 heteroatoms. The van der Waals surface area contributed by atoms with Crippen molar-refractivity contribution in [2.45, 2.75) is 25.9 Å². The Kier molecular flexibility index (Phi) is 4.49. The molecule has 2 rings (SSSR count). The van der Waals surface area contributed by atoms with E-state index in [9.17, 15) is 4.21 Å². The first-order chi connectivity index (χ1) is 8.66. The molecule has 0 aromatic carbocycles. The predicted octanol–water partition coefficient (Wildman–Crippen LogP) is 1.58. The van der Waals surface area contributed by atoms with E-state index in [1.54, 1.807) is 6.26 Å². The summed E-state index contributed by atoms with van der Waals surface area (Å²) < 4.78 is 12.9. The molecule has 0 saturated heterocycles. The van der Waals surface area contributed by atoms with Crippen molar-refractivity contribution in [1.82, 2.24) is 14.9 Å². The summed E-state index contributed by atoms with van der Waals surface area (Å²) in [6.45, 7) is 2.92. The van der Waals surface area contributed by atoms with E-state index in [2.05, 4.69) is 23.4 Å². The van der Waals surface area contributed by atoms with Crippen molar-refractivity contribution < 1.29 is 4.21 Å². The topological polar surface area (TPSA) is 46.4 Å². The first-order valence-corrected chi connectivity index (χ1v) is 7.84. The SMILES string of the molecule is CC(CCS(C)=O)NCc1cnn2ccccc12. The lowest BCUT2D eigenvalue weighted by Crippen LogP contribution is -2.26. The van der Waals surface area contributed by atoms with Crippen molar-refractivity contribution >= 4 is 16.3 Å². The number of rotatable bonds is 6. The highest BCUT2D eigenvalue weighted by molar-refractivity contribution is 7.84. The van der Waals surface area contributed by atoms with Crippen LogP contribution in [0, 0.1) is 0 Å². The standard InChI is InChI=1S/C13H19N3OS/c1-11(6-8-18(2)17)14-9-12-10-15-16-7-4-3-5-13(12)16/h3-5,7,10-11,14H,6,8-9H2,1-2H3. The van der Waals surface area contributed by atoms with Crippen LogP contribution in [0.15, 0.2) is 30.6 Å². The lowest BCUT2D eigenvalue weighted by atomic mass is 10.2. The molecule has 0 aliphatic rings. The lowest BCUT2D eigenvalue weighted by molar-refractivity contribution is 0.536. The molecule has 0 aliphatic carbocycles. The molecular formula is C13H19N3OS. The lowest BCUT2D eigenvalue weighted by Gasteiger charge is -2.12. The minimum atomic E-state index is -0.705. The predicted molar refractivity (Wildman–Crippen MR) is 75.0 cm³/mol. The van der Waals surface area contributed by atoms with Gasteiger partial charge in [-0.2, -0.15) is 5.10 Å². The highest BCUT2D eigenvalue weighted by Crippen LogP contribution is 2.09. The van der Waals surface area contributed by atoms with E-state index < -0.39 is 10.8 Å². The molecule has 0 saturated carbocycles. The van der Waals surface area contributed by atoms with Crippen LogP contribution < -0.4 is 5.32 Å². The first kappa shape index (κ1) is 13.2. The molecule has 0 bridgehead atoms. The van der Waals surface area contributed by atoms with Gasteiger partial charge < -0.3 is 5.32 Å². The van der Waals surface area contributed by atoms with Crippen molar-refractivity contribution in [3.05, 3.63) is 36.2 Å². The molecule has 0 fully saturated rings. The number of pyridine rings is 1. The third kappa shape index (κ3) is 3.40. The Hall–Kier alpha value is -1.20. The number of nitrogens with one attached hydrogen (secondary N) is 1.